The Kier molecular flexibility index (Phi) is 1.71. The van der Waals surface area contributed by atoms with Gasteiger partial charge in [0.15, 0.2) is 0 Å². The summed E-state index contributed by atoms with van der Waals surface area (Å²) >= 11 is 0. The first-order valence-electron chi connectivity index (χ1n) is 5.19. The van der Waals surface area contributed by atoms with Crippen molar-refractivity contribution >= 4 is 5.57 Å². The SMILES string of the molecule is Cc1cncc(C2=CC3NCC3C2)c1. The fraction of sp³-hybridized carbons (Fsp3) is 0.417. The highest BCUT2D eigenvalue weighted by Gasteiger charge is 2.34. The van der Waals surface area contributed by atoms with Crippen LogP contribution in [0, 0.1) is 12.8 Å². The van der Waals surface area contributed by atoms with Gasteiger partial charge in [0.2, 0.25) is 0 Å². The van der Waals surface area contributed by atoms with E-state index in [4.69, 9.17) is 0 Å². The molecule has 2 unspecified atom stereocenters. The lowest BCUT2D eigenvalue weighted by atomic mass is 9.93. The van der Waals surface area contributed by atoms with Crippen LogP contribution in [0.25, 0.3) is 5.57 Å². The standard InChI is InChI=1S/C12H14N2/c1-8-2-10(6-13-5-8)9-3-11-7-14-12(11)4-9/h2,4-6,11-12,14H,3,7H2,1H3. The van der Waals surface area contributed by atoms with E-state index in [1.807, 2.05) is 12.4 Å². The lowest BCUT2D eigenvalue weighted by Gasteiger charge is -2.31. The molecule has 1 aliphatic heterocycles. The minimum Gasteiger partial charge on any atom is -0.310 e. The van der Waals surface area contributed by atoms with Gasteiger partial charge in [-0.2, -0.15) is 0 Å². The molecule has 1 saturated heterocycles. The largest absolute Gasteiger partial charge is 0.310 e. The molecule has 0 bridgehead atoms. The molecule has 1 N–H and O–H groups in total. The molecule has 1 aliphatic carbocycles. The summed E-state index contributed by atoms with van der Waals surface area (Å²) in [4.78, 5) is 4.24. The van der Waals surface area contributed by atoms with Crippen LogP contribution < -0.4 is 5.32 Å². The number of hydrogen-bond acceptors (Lipinski definition) is 2. The average Bonchev–Trinajstić information content (AvgIpc) is 2.43. The van der Waals surface area contributed by atoms with Crippen LogP contribution in [0.1, 0.15) is 17.5 Å². The Bertz CT molecular complexity index is 395. The van der Waals surface area contributed by atoms with Crippen molar-refractivity contribution in [2.24, 2.45) is 5.92 Å². The van der Waals surface area contributed by atoms with Crippen molar-refractivity contribution in [1.29, 1.82) is 0 Å². The number of rotatable bonds is 1. The van der Waals surface area contributed by atoms with Gasteiger partial charge in [0, 0.05) is 25.0 Å². The summed E-state index contributed by atoms with van der Waals surface area (Å²) in [6, 6.07) is 2.87. The topological polar surface area (TPSA) is 24.9 Å². The van der Waals surface area contributed by atoms with Gasteiger partial charge >= 0.3 is 0 Å². The van der Waals surface area contributed by atoms with E-state index >= 15 is 0 Å². The highest BCUT2D eigenvalue weighted by Crippen LogP contribution is 2.36. The molecular formula is C12H14N2. The monoisotopic (exact) mass is 186 g/mol. The average molecular weight is 186 g/mol. The fourth-order valence-electron chi connectivity index (χ4n) is 2.33. The molecule has 1 aromatic rings. The van der Waals surface area contributed by atoms with Gasteiger partial charge in [-0.3, -0.25) is 4.98 Å². The number of aryl methyl sites for hydroxylation is 1. The van der Waals surface area contributed by atoms with Crippen molar-refractivity contribution in [3.63, 3.8) is 0 Å². The maximum Gasteiger partial charge on any atom is 0.0343 e. The zero-order valence-corrected chi connectivity index (χ0v) is 8.33. The van der Waals surface area contributed by atoms with Crippen LogP contribution in [-0.2, 0) is 0 Å². The predicted molar refractivity (Wildman–Crippen MR) is 56.8 cm³/mol. The van der Waals surface area contributed by atoms with E-state index in [9.17, 15) is 0 Å². The van der Waals surface area contributed by atoms with Crippen molar-refractivity contribution < 1.29 is 0 Å². The number of nitrogens with zero attached hydrogens (tertiary/aromatic N) is 1. The molecule has 2 atom stereocenters. The summed E-state index contributed by atoms with van der Waals surface area (Å²) in [6.45, 7) is 3.28. The molecule has 2 heteroatoms. The van der Waals surface area contributed by atoms with E-state index in [2.05, 4.69) is 29.4 Å². The fourth-order valence-corrected chi connectivity index (χ4v) is 2.33. The maximum absolute atomic E-state index is 4.24. The summed E-state index contributed by atoms with van der Waals surface area (Å²) in [7, 11) is 0. The lowest BCUT2D eigenvalue weighted by molar-refractivity contribution is 0.301. The van der Waals surface area contributed by atoms with Gasteiger partial charge in [0.25, 0.3) is 0 Å². The van der Waals surface area contributed by atoms with Gasteiger partial charge < -0.3 is 5.32 Å². The molecule has 14 heavy (non-hydrogen) atoms. The van der Waals surface area contributed by atoms with Gasteiger partial charge in [-0.25, -0.2) is 0 Å². The van der Waals surface area contributed by atoms with E-state index in [-0.39, 0.29) is 0 Å². The Balaban J connectivity index is 1.92. The number of nitrogens with one attached hydrogen (secondary N) is 1. The van der Waals surface area contributed by atoms with E-state index < -0.39 is 0 Å². The van der Waals surface area contributed by atoms with Crippen molar-refractivity contribution in [3.05, 3.63) is 35.7 Å². The molecule has 1 aromatic heterocycles. The van der Waals surface area contributed by atoms with Crippen LogP contribution in [-0.4, -0.2) is 17.6 Å². The molecular weight excluding hydrogens is 172 g/mol. The minimum atomic E-state index is 0.644. The zero-order chi connectivity index (χ0) is 9.54. The normalized spacial score (nSPS) is 29.4. The lowest BCUT2D eigenvalue weighted by Crippen LogP contribution is -2.49. The molecule has 0 spiro atoms. The van der Waals surface area contributed by atoms with Crippen molar-refractivity contribution in [2.45, 2.75) is 19.4 Å². The zero-order valence-electron chi connectivity index (χ0n) is 8.33. The van der Waals surface area contributed by atoms with Crippen LogP contribution >= 0.6 is 0 Å². The van der Waals surface area contributed by atoms with Crippen LogP contribution in [0.15, 0.2) is 24.5 Å². The second kappa shape index (κ2) is 2.92. The van der Waals surface area contributed by atoms with Gasteiger partial charge in [0.05, 0.1) is 0 Å². The van der Waals surface area contributed by atoms with Crippen molar-refractivity contribution in [3.8, 4) is 0 Å². The first kappa shape index (κ1) is 8.18. The van der Waals surface area contributed by atoms with E-state index in [0.29, 0.717) is 6.04 Å². The molecule has 0 saturated carbocycles. The second-order valence-electron chi connectivity index (χ2n) is 4.34. The first-order chi connectivity index (χ1) is 6.83. The van der Waals surface area contributed by atoms with Gasteiger partial charge in [-0.05, 0) is 42.0 Å². The van der Waals surface area contributed by atoms with E-state index in [1.54, 1.807) is 0 Å². The predicted octanol–water partition coefficient (Wildman–Crippen LogP) is 1.77. The molecule has 0 radical (unpaired) electrons. The molecule has 2 heterocycles. The highest BCUT2D eigenvalue weighted by atomic mass is 15.0. The molecule has 72 valence electrons. The Hall–Kier alpha value is -1.15. The number of allylic oxidation sites excluding steroid dienone is 1. The van der Waals surface area contributed by atoms with Crippen LogP contribution in [0.3, 0.4) is 0 Å². The van der Waals surface area contributed by atoms with Gasteiger partial charge in [0.1, 0.15) is 0 Å². The third-order valence-electron chi connectivity index (χ3n) is 3.23. The maximum atomic E-state index is 4.24. The summed E-state index contributed by atoms with van der Waals surface area (Å²) in [5.74, 6) is 0.852. The number of pyridine rings is 1. The van der Waals surface area contributed by atoms with Crippen molar-refractivity contribution in [2.75, 3.05) is 6.54 Å². The molecule has 0 aromatic carbocycles. The Labute approximate surface area is 84.1 Å². The molecule has 1 fully saturated rings. The minimum absolute atomic E-state index is 0.644. The molecule has 2 aliphatic rings. The highest BCUT2D eigenvalue weighted by molar-refractivity contribution is 5.69. The smallest absolute Gasteiger partial charge is 0.0343 e. The Morgan fingerprint density at radius 1 is 1.43 bits per heavy atom. The number of hydrogen-bond donors (Lipinski definition) is 1. The first-order valence-corrected chi connectivity index (χ1v) is 5.19. The molecule has 2 nitrogen and oxygen atoms in total. The third kappa shape index (κ3) is 1.18. The van der Waals surface area contributed by atoms with Gasteiger partial charge in [-0.15, -0.1) is 0 Å². The number of fused-ring (bicyclic) bond motifs is 1. The van der Waals surface area contributed by atoms with Crippen LogP contribution in [0.4, 0.5) is 0 Å². The van der Waals surface area contributed by atoms with E-state index in [1.165, 1.54) is 29.7 Å². The Morgan fingerprint density at radius 3 is 2.93 bits per heavy atom. The summed E-state index contributed by atoms with van der Waals surface area (Å²) in [6.07, 6.45) is 7.48. The third-order valence-corrected chi connectivity index (χ3v) is 3.23. The number of aromatic nitrogens is 1. The Morgan fingerprint density at radius 2 is 2.36 bits per heavy atom. The summed E-state index contributed by atoms with van der Waals surface area (Å²) < 4.78 is 0. The van der Waals surface area contributed by atoms with Crippen LogP contribution in [0.2, 0.25) is 0 Å². The molecule has 3 rings (SSSR count). The van der Waals surface area contributed by atoms with E-state index in [0.717, 1.165) is 5.92 Å². The molecule has 0 amide bonds. The van der Waals surface area contributed by atoms with Crippen LogP contribution in [0.5, 0.6) is 0 Å². The van der Waals surface area contributed by atoms with Gasteiger partial charge in [-0.1, -0.05) is 6.08 Å². The summed E-state index contributed by atoms with van der Waals surface area (Å²) in [5.41, 5.74) is 4.03. The van der Waals surface area contributed by atoms with Crippen molar-refractivity contribution in [1.82, 2.24) is 10.3 Å². The second-order valence-corrected chi connectivity index (χ2v) is 4.34. The summed E-state index contributed by atoms with van der Waals surface area (Å²) in [5, 5.41) is 3.42. The quantitative estimate of drug-likeness (QED) is 0.723.